The first-order chi connectivity index (χ1) is 17.3. The lowest BCUT2D eigenvalue weighted by molar-refractivity contribution is 0.808. The summed E-state index contributed by atoms with van der Waals surface area (Å²) in [7, 11) is 0. The first kappa shape index (κ1) is 21.4. The molecule has 1 aliphatic rings. The average Bonchev–Trinajstić information content (AvgIpc) is 3.17. The Kier molecular flexibility index (Phi) is 5.68. The summed E-state index contributed by atoms with van der Waals surface area (Å²) >= 11 is 0. The molecule has 0 unspecified atom stereocenters. The molecule has 0 spiro atoms. The largest absolute Gasteiger partial charge is 0.341 e. The Morgan fingerprint density at radius 1 is 0.657 bits per heavy atom. The van der Waals surface area contributed by atoms with Crippen molar-refractivity contribution in [2.75, 3.05) is 11.4 Å². The van der Waals surface area contributed by atoms with Gasteiger partial charge in [0.05, 0.1) is 0 Å². The number of nitrogens with zero attached hydrogens (tertiary/aromatic N) is 1. The van der Waals surface area contributed by atoms with Gasteiger partial charge in [-0.1, -0.05) is 97.1 Å². The molecule has 0 saturated heterocycles. The molecular weight excluding hydrogens is 422 g/mol. The molecule has 0 aromatic heterocycles. The minimum Gasteiger partial charge on any atom is -0.341 e. The molecule has 0 saturated carbocycles. The van der Waals surface area contributed by atoms with Crippen molar-refractivity contribution in [1.29, 1.82) is 0 Å². The molecule has 0 fully saturated rings. The summed E-state index contributed by atoms with van der Waals surface area (Å²) in [5, 5.41) is 7.76. The van der Waals surface area contributed by atoms with Gasteiger partial charge in [0.1, 0.15) is 0 Å². The van der Waals surface area contributed by atoms with Crippen LogP contribution in [0.3, 0.4) is 0 Å². The van der Waals surface area contributed by atoms with Gasteiger partial charge in [-0.3, -0.25) is 0 Å². The van der Waals surface area contributed by atoms with E-state index in [4.69, 9.17) is 0 Å². The third-order valence-electron chi connectivity index (χ3n) is 7.17. The normalized spacial score (nSPS) is 13.9. The van der Waals surface area contributed by atoms with E-state index in [9.17, 15) is 0 Å². The number of fused-ring (bicyclic) bond motifs is 4. The van der Waals surface area contributed by atoms with Crippen molar-refractivity contribution >= 4 is 43.6 Å². The molecule has 0 N–H and O–H groups in total. The fourth-order valence-corrected chi connectivity index (χ4v) is 5.44. The van der Waals surface area contributed by atoms with Crippen LogP contribution in [0, 0.1) is 0 Å². The lowest BCUT2D eigenvalue weighted by Crippen LogP contribution is -2.22. The molecule has 35 heavy (non-hydrogen) atoms. The van der Waals surface area contributed by atoms with Gasteiger partial charge < -0.3 is 4.90 Å². The van der Waals surface area contributed by atoms with E-state index in [0.717, 1.165) is 25.8 Å². The first-order valence-electron chi connectivity index (χ1n) is 12.5. The molecule has 0 bridgehead atoms. The molecule has 0 atom stereocenters. The van der Waals surface area contributed by atoms with Crippen LogP contribution in [0.2, 0.25) is 0 Å². The SMILES string of the molecule is C=CCN(C1=CC=C(c2ccc3ccccc3c2)CCC1)c1cc2ccccc2c2ccccc12. The van der Waals surface area contributed by atoms with E-state index < -0.39 is 0 Å². The molecule has 0 aliphatic heterocycles. The van der Waals surface area contributed by atoms with Gasteiger partial charge in [-0.2, -0.15) is 0 Å². The molecule has 0 radical (unpaired) electrons. The molecule has 6 rings (SSSR count). The summed E-state index contributed by atoms with van der Waals surface area (Å²) in [4.78, 5) is 2.46. The predicted molar refractivity (Wildman–Crippen MR) is 153 cm³/mol. The van der Waals surface area contributed by atoms with Gasteiger partial charge in [0.15, 0.2) is 0 Å². The second kappa shape index (κ2) is 9.27. The van der Waals surface area contributed by atoms with Crippen LogP contribution in [-0.4, -0.2) is 6.54 Å². The van der Waals surface area contributed by atoms with Crippen LogP contribution in [0.25, 0.3) is 37.9 Å². The quantitative estimate of drug-likeness (QED) is 0.190. The minimum absolute atomic E-state index is 0.785. The lowest BCUT2D eigenvalue weighted by atomic mass is 9.98. The van der Waals surface area contributed by atoms with Crippen molar-refractivity contribution in [2.45, 2.75) is 19.3 Å². The van der Waals surface area contributed by atoms with Crippen molar-refractivity contribution in [3.05, 3.63) is 133 Å². The first-order valence-corrected chi connectivity index (χ1v) is 12.5. The summed E-state index contributed by atoms with van der Waals surface area (Å²) in [6.45, 7) is 4.88. The lowest BCUT2D eigenvalue weighted by Gasteiger charge is -2.28. The smallest absolute Gasteiger partial charge is 0.0497 e. The second-order valence-electron chi connectivity index (χ2n) is 9.33. The summed E-state index contributed by atoms with van der Waals surface area (Å²) in [6, 6.07) is 35.3. The molecule has 1 aliphatic carbocycles. The molecule has 1 nitrogen and oxygen atoms in total. The number of allylic oxidation sites excluding steroid dienone is 4. The minimum atomic E-state index is 0.785. The van der Waals surface area contributed by atoms with E-state index >= 15 is 0 Å². The van der Waals surface area contributed by atoms with E-state index in [1.807, 2.05) is 6.08 Å². The fourth-order valence-electron chi connectivity index (χ4n) is 5.44. The Balaban J connectivity index is 1.45. The molecule has 5 aromatic carbocycles. The van der Waals surface area contributed by atoms with Crippen LogP contribution in [0.4, 0.5) is 5.69 Å². The second-order valence-corrected chi connectivity index (χ2v) is 9.33. The highest BCUT2D eigenvalue weighted by atomic mass is 15.1. The Bertz CT molecular complexity index is 1620. The number of hydrogen-bond acceptors (Lipinski definition) is 1. The van der Waals surface area contributed by atoms with Gasteiger partial charge in [0.2, 0.25) is 0 Å². The monoisotopic (exact) mass is 451 g/mol. The molecule has 5 aromatic rings. The highest BCUT2D eigenvalue weighted by molar-refractivity contribution is 6.13. The Labute approximate surface area is 207 Å². The zero-order valence-corrected chi connectivity index (χ0v) is 20.0. The Hall–Kier alpha value is -4.10. The van der Waals surface area contributed by atoms with Crippen molar-refractivity contribution in [1.82, 2.24) is 0 Å². The van der Waals surface area contributed by atoms with Crippen LogP contribution in [-0.2, 0) is 0 Å². The third kappa shape index (κ3) is 4.04. The zero-order chi connectivity index (χ0) is 23.6. The van der Waals surface area contributed by atoms with Crippen molar-refractivity contribution in [3.8, 4) is 0 Å². The van der Waals surface area contributed by atoms with E-state index in [1.54, 1.807) is 0 Å². The molecule has 0 heterocycles. The van der Waals surface area contributed by atoms with Gasteiger partial charge in [0.25, 0.3) is 0 Å². The van der Waals surface area contributed by atoms with E-state index in [-0.39, 0.29) is 0 Å². The maximum Gasteiger partial charge on any atom is 0.0497 e. The van der Waals surface area contributed by atoms with Crippen LogP contribution in [0.5, 0.6) is 0 Å². The standard InChI is InChI=1S/C34H29N/c1-2-22-35(34-24-29-12-5-6-15-31(29)32-16-7-8-17-33(32)34)30-14-9-13-26(20-21-30)28-19-18-25-10-3-4-11-27(25)23-28/h2-8,10-12,15-21,23-24H,1,9,13-14,22H2. The third-order valence-corrected chi connectivity index (χ3v) is 7.17. The topological polar surface area (TPSA) is 3.24 Å². The predicted octanol–water partition coefficient (Wildman–Crippen LogP) is 9.29. The van der Waals surface area contributed by atoms with Crippen LogP contribution >= 0.6 is 0 Å². The number of hydrogen-bond donors (Lipinski definition) is 0. The fraction of sp³-hybridized carbons (Fsp3) is 0.118. The number of benzene rings is 5. The van der Waals surface area contributed by atoms with Crippen molar-refractivity contribution < 1.29 is 0 Å². The van der Waals surface area contributed by atoms with E-state index in [1.165, 1.54) is 54.8 Å². The zero-order valence-electron chi connectivity index (χ0n) is 20.0. The summed E-state index contributed by atoms with van der Waals surface area (Å²) in [5.41, 5.74) is 5.34. The van der Waals surface area contributed by atoms with Gasteiger partial charge in [-0.05, 0) is 75.5 Å². The maximum absolute atomic E-state index is 4.09. The summed E-state index contributed by atoms with van der Waals surface area (Å²) in [5.74, 6) is 0. The molecule has 0 amide bonds. The van der Waals surface area contributed by atoms with Crippen molar-refractivity contribution in [3.63, 3.8) is 0 Å². The number of anilines is 1. The van der Waals surface area contributed by atoms with E-state index in [0.29, 0.717) is 0 Å². The van der Waals surface area contributed by atoms with Crippen LogP contribution < -0.4 is 4.90 Å². The van der Waals surface area contributed by atoms with Crippen LogP contribution in [0.1, 0.15) is 24.8 Å². The summed E-state index contributed by atoms with van der Waals surface area (Å²) in [6.07, 6.45) is 9.95. The molecular formula is C34H29N. The molecule has 170 valence electrons. The number of rotatable bonds is 5. The highest BCUT2D eigenvalue weighted by Crippen LogP contribution is 2.37. The van der Waals surface area contributed by atoms with Gasteiger partial charge in [-0.15, -0.1) is 6.58 Å². The Morgan fingerprint density at radius 3 is 2.20 bits per heavy atom. The van der Waals surface area contributed by atoms with E-state index in [2.05, 4.69) is 121 Å². The average molecular weight is 452 g/mol. The van der Waals surface area contributed by atoms with Crippen molar-refractivity contribution in [2.24, 2.45) is 0 Å². The van der Waals surface area contributed by atoms with Crippen LogP contribution in [0.15, 0.2) is 128 Å². The highest BCUT2D eigenvalue weighted by Gasteiger charge is 2.17. The van der Waals surface area contributed by atoms with Gasteiger partial charge in [-0.25, -0.2) is 0 Å². The van der Waals surface area contributed by atoms with Gasteiger partial charge in [0, 0.05) is 23.3 Å². The molecule has 1 heteroatoms. The maximum atomic E-state index is 4.09. The van der Waals surface area contributed by atoms with Gasteiger partial charge >= 0.3 is 0 Å². The Morgan fingerprint density at radius 2 is 1.37 bits per heavy atom. The summed E-state index contributed by atoms with van der Waals surface area (Å²) < 4.78 is 0.